The summed E-state index contributed by atoms with van der Waals surface area (Å²) in [5.41, 5.74) is 9.18. The third-order valence-electron chi connectivity index (χ3n) is 5.99. The molecule has 1 spiro atoms. The van der Waals surface area contributed by atoms with Crippen molar-refractivity contribution in [1.82, 2.24) is 0 Å². The van der Waals surface area contributed by atoms with Gasteiger partial charge in [-0.25, -0.2) is 4.39 Å². The summed E-state index contributed by atoms with van der Waals surface area (Å²) < 4.78 is 14.1. The third-order valence-corrected chi connectivity index (χ3v) is 5.99. The van der Waals surface area contributed by atoms with Gasteiger partial charge in [-0.15, -0.1) is 0 Å². The average molecular weight is 285 g/mol. The van der Waals surface area contributed by atoms with Gasteiger partial charge in [0.2, 0.25) is 5.91 Å². The molecule has 3 aliphatic rings. The van der Waals surface area contributed by atoms with Crippen LogP contribution in [0.25, 0.3) is 6.08 Å². The number of nitrogens with two attached hydrogens (primary N) is 1. The second-order valence-electron chi connectivity index (χ2n) is 7.06. The van der Waals surface area contributed by atoms with Crippen LogP contribution in [0.1, 0.15) is 55.7 Å². The van der Waals surface area contributed by atoms with E-state index in [0.717, 1.165) is 54.4 Å². The zero-order valence-corrected chi connectivity index (χ0v) is 12.3. The maximum atomic E-state index is 14.1. The lowest BCUT2D eigenvalue weighted by Crippen LogP contribution is -2.46. The van der Waals surface area contributed by atoms with Crippen molar-refractivity contribution in [3.8, 4) is 0 Å². The highest BCUT2D eigenvalue weighted by atomic mass is 19.1. The fourth-order valence-electron chi connectivity index (χ4n) is 4.87. The molecule has 2 nitrogen and oxygen atoms in total. The highest BCUT2D eigenvalue weighted by Gasteiger charge is 2.66. The van der Waals surface area contributed by atoms with Gasteiger partial charge in [0.15, 0.2) is 0 Å². The molecule has 4 rings (SSSR count). The number of rotatable bonds is 2. The van der Waals surface area contributed by atoms with Crippen molar-refractivity contribution in [1.29, 1.82) is 0 Å². The summed E-state index contributed by atoms with van der Waals surface area (Å²) in [6.07, 6.45) is 7.77. The Balaban J connectivity index is 1.98. The first kappa shape index (κ1) is 13.1. The number of hydrogen-bond acceptors (Lipinski definition) is 1. The Morgan fingerprint density at radius 1 is 1.24 bits per heavy atom. The number of hydrogen-bond donors (Lipinski definition) is 1. The molecule has 0 aromatic heterocycles. The van der Waals surface area contributed by atoms with Crippen LogP contribution in [0.5, 0.6) is 0 Å². The molecule has 1 atom stereocenters. The van der Waals surface area contributed by atoms with Crippen LogP contribution < -0.4 is 5.73 Å². The molecule has 1 aromatic carbocycles. The Morgan fingerprint density at radius 3 is 2.67 bits per heavy atom. The molecule has 0 aliphatic heterocycles. The minimum atomic E-state index is -0.577. The van der Waals surface area contributed by atoms with Gasteiger partial charge in [0.1, 0.15) is 5.82 Å². The molecule has 3 aliphatic carbocycles. The van der Waals surface area contributed by atoms with Crippen molar-refractivity contribution in [2.75, 3.05) is 0 Å². The molecule has 0 heterocycles. The summed E-state index contributed by atoms with van der Waals surface area (Å²) in [7, 11) is 0. The van der Waals surface area contributed by atoms with Gasteiger partial charge in [-0.1, -0.05) is 24.1 Å². The maximum Gasteiger partial charge on any atom is 0.228 e. The van der Waals surface area contributed by atoms with Crippen LogP contribution >= 0.6 is 0 Å². The van der Waals surface area contributed by atoms with E-state index in [9.17, 15) is 9.18 Å². The lowest BCUT2D eigenvalue weighted by molar-refractivity contribution is -0.125. The monoisotopic (exact) mass is 285 g/mol. The normalized spacial score (nSPS) is 28.6. The zero-order chi connectivity index (χ0) is 14.8. The fourth-order valence-corrected chi connectivity index (χ4v) is 4.87. The number of halogens is 1. The van der Waals surface area contributed by atoms with E-state index in [-0.39, 0.29) is 17.1 Å². The van der Waals surface area contributed by atoms with Crippen LogP contribution in [-0.4, -0.2) is 5.91 Å². The molecule has 0 radical (unpaired) electrons. The topological polar surface area (TPSA) is 43.1 Å². The molecular formula is C18H20FNO. The van der Waals surface area contributed by atoms with Crippen molar-refractivity contribution in [2.45, 2.75) is 50.9 Å². The number of amides is 1. The zero-order valence-electron chi connectivity index (χ0n) is 12.3. The van der Waals surface area contributed by atoms with Crippen LogP contribution in [-0.2, 0) is 16.6 Å². The van der Waals surface area contributed by atoms with Crippen LogP contribution in [0.2, 0.25) is 0 Å². The fraction of sp³-hybridized carbons (Fsp3) is 0.500. The number of benzene rings is 1. The molecule has 1 aromatic rings. The van der Waals surface area contributed by atoms with Gasteiger partial charge in [-0.05, 0) is 67.2 Å². The van der Waals surface area contributed by atoms with Crippen molar-refractivity contribution in [3.05, 3.63) is 40.2 Å². The molecule has 3 heteroatoms. The molecule has 0 bridgehead atoms. The van der Waals surface area contributed by atoms with Crippen molar-refractivity contribution in [2.24, 2.45) is 11.1 Å². The van der Waals surface area contributed by atoms with E-state index in [1.807, 2.05) is 19.1 Å². The van der Waals surface area contributed by atoms with E-state index in [0.29, 0.717) is 6.42 Å². The first-order valence-corrected chi connectivity index (χ1v) is 7.79. The van der Waals surface area contributed by atoms with Crippen molar-refractivity contribution < 1.29 is 9.18 Å². The van der Waals surface area contributed by atoms with Gasteiger partial charge in [0, 0.05) is 0 Å². The second-order valence-corrected chi connectivity index (χ2v) is 7.06. The predicted molar refractivity (Wildman–Crippen MR) is 80.1 cm³/mol. The molecule has 1 amide bonds. The SMILES string of the molecule is CC1=Cc2c(C3(C(N)=O)CCCC34CC4)ccc(F)c2C1. The van der Waals surface area contributed by atoms with Gasteiger partial charge in [0.25, 0.3) is 0 Å². The van der Waals surface area contributed by atoms with Crippen LogP contribution in [0.4, 0.5) is 4.39 Å². The van der Waals surface area contributed by atoms with Gasteiger partial charge in [-0.3, -0.25) is 4.79 Å². The van der Waals surface area contributed by atoms with E-state index in [4.69, 9.17) is 5.73 Å². The molecule has 0 saturated heterocycles. The molecular weight excluding hydrogens is 265 g/mol. The molecule has 2 saturated carbocycles. The van der Waals surface area contributed by atoms with Crippen molar-refractivity contribution in [3.63, 3.8) is 0 Å². The Hall–Kier alpha value is -1.64. The van der Waals surface area contributed by atoms with Gasteiger partial charge in [-0.2, -0.15) is 0 Å². The number of allylic oxidation sites excluding steroid dienone is 1. The van der Waals surface area contributed by atoms with Gasteiger partial charge < -0.3 is 5.73 Å². The summed E-state index contributed by atoms with van der Waals surface area (Å²) in [5, 5.41) is 0. The number of fused-ring (bicyclic) bond motifs is 1. The van der Waals surface area contributed by atoms with Crippen molar-refractivity contribution >= 4 is 12.0 Å². The van der Waals surface area contributed by atoms with E-state index >= 15 is 0 Å². The van der Waals surface area contributed by atoms with E-state index in [2.05, 4.69) is 0 Å². The smallest absolute Gasteiger partial charge is 0.228 e. The highest BCUT2D eigenvalue weighted by Crippen LogP contribution is 2.68. The Labute approximate surface area is 124 Å². The lowest BCUT2D eigenvalue weighted by Gasteiger charge is -2.35. The van der Waals surface area contributed by atoms with Gasteiger partial charge >= 0.3 is 0 Å². The molecule has 110 valence electrons. The second kappa shape index (κ2) is 3.96. The summed E-state index contributed by atoms with van der Waals surface area (Å²) in [4.78, 5) is 12.5. The standard InChI is InChI=1S/C18H20FNO/c1-11-9-12-13(10-11)15(19)4-3-14(12)18(16(20)21)6-2-5-17(18)7-8-17/h3-4,9H,2,5-8,10H2,1H3,(H2,20,21). The maximum absolute atomic E-state index is 14.1. The first-order chi connectivity index (χ1) is 10.0. The molecule has 1 unspecified atom stereocenters. The molecule has 2 N–H and O–H groups in total. The Morgan fingerprint density at radius 2 is 2.00 bits per heavy atom. The third kappa shape index (κ3) is 1.49. The molecule has 21 heavy (non-hydrogen) atoms. The summed E-state index contributed by atoms with van der Waals surface area (Å²) in [6.45, 7) is 2.02. The Kier molecular flexibility index (Phi) is 2.46. The molecule has 2 fully saturated rings. The lowest BCUT2D eigenvalue weighted by atomic mass is 9.67. The number of primary amides is 1. The summed E-state index contributed by atoms with van der Waals surface area (Å²) in [5.74, 6) is -0.381. The Bertz CT molecular complexity index is 687. The van der Waals surface area contributed by atoms with Crippen LogP contribution in [0.3, 0.4) is 0 Å². The van der Waals surface area contributed by atoms with Crippen LogP contribution in [0.15, 0.2) is 17.7 Å². The van der Waals surface area contributed by atoms with E-state index in [1.54, 1.807) is 0 Å². The number of carbonyl (C=O) groups excluding carboxylic acids is 1. The first-order valence-electron chi connectivity index (χ1n) is 7.79. The minimum absolute atomic E-state index is 0.0504. The number of carbonyl (C=O) groups is 1. The average Bonchev–Trinajstić information content (AvgIpc) is 2.93. The highest BCUT2D eigenvalue weighted by molar-refractivity contribution is 5.91. The largest absolute Gasteiger partial charge is 0.369 e. The summed E-state index contributed by atoms with van der Waals surface area (Å²) in [6, 6.07) is 3.35. The summed E-state index contributed by atoms with van der Waals surface area (Å²) >= 11 is 0. The van der Waals surface area contributed by atoms with Gasteiger partial charge in [0.05, 0.1) is 5.41 Å². The quantitative estimate of drug-likeness (QED) is 0.888. The van der Waals surface area contributed by atoms with Crippen LogP contribution in [0, 0.1) is 11.2 Å². The van der Waals surface area contributed by atoms with E-state index < -0.39 is 5.41 Å². The predicted octanol–water partition coefficient (Wildman–Crippen LogP) is 3.47. The van der Waals surface area contributed by atoms with E-state index in [1.165, 1.54) is 6.07 Å². The minimum Gasteiger partial charge on any atom is -0.369 e.